The molecule has 1 saturated carbocycles. The molecule has 2 aliphatic rings. The fourth-order valence-electron chi connectivity index (χ4n) is 2.12. The molecule has 68 valence electrons. The Bertz CT molecular complexity index is 167. The van der Waals surface area contributed by atoms with Gasteiger partial charge < -0.3 is 4.74 Å². The molecule has 0 unspecified atom stereocenters. The summed E-state index contributed by atoms with van der Waals surface area (Å²) >= 11 is 0. The van der Waals surface area contributed by atoms with Crippen LogP contribution in [0.2, 0.25) is 0 Å². The molecular formula is C10H16O2. The first-order chi connectivity index (χ1) is 5.88. The zero-order valence-corrected chi connectivity index (χ0v) is 7.42. The number of carbonyl (C=O) groups is 1. The van der Waals surface area contributed by atoms with E-state index < -0.39 is 0 Å². The summed E-state index contributed by atoms with van der Waals surface area (Å²) in [4.78, 5) is 11.7. The zero-order chi connectivity index (χ0) is 8.39. The first-order valence-corrected chi connectivity index (χ1v) is 4.99. The van der Waals surface area contributed by atoms with Gasteiger partial charge in [-0.1, -0.05) is 19.3 Å². The second kappa shape index (κ2) is 3.56. The van der Waals surface area contributed by atoms with Crippen LogP contribution in [-0.4, -0.2) is 19.0 Å². The van der Waals surface area contributed by atoms with Gasteiger partial charge in [0, 0.05) is 5.92 Å². The largest absolute Gasteiger partial charge is 0.380 e. The SMILES string of the molecule is O=C(C1CCCCC1)C1COC1. The number of carbonyl (C=O) groups excluding carboxylic acids is 1. The van der Waals surface area contributed by atoms with E-state index >= 15 is 0 Å². The molecule has 0 radical (unpaired) electrons. The van der Waals surface area contributed by atoms with Crippen molar-refractivity contribution in [1.29, 1.82) is 0 Å². The summed E-state index contributed by atoms with van der Waals surface area (Å²) in [5.74, 6) is 1.13. The minimum absolute atomic E-state index is 0.257. The highest BCUT2D eigenvalue weighted by atomic mass is 16.5. The van der Waals surface area contributed by atoms with Crippen LogP contribution in [0.15, 0.2) is 0 Å². The Morgan fingerprint density at radius 3 is 2.17 bits per heavy atom. The molecule has 2 nitrogen and oxygen atoms in total. The van der Waals surface area contributed by atoms with Crippen LogP contribution in [0, 0.1) is 11.8 Å². The van der Waals surface area contributed by atoms with Crippen molar-refractivity contribution in [1.82, 2.24) is 0 Å². The van der Waals surface area contributed by atoms with Gasteiger partial charge in [0.15, 0.2) is 0 Å². The molecule has 0 aromatic heterocycles. The molecule has 12 heavy (non-hydrogen) atoms. The maximum absolute atomic E-state index is 11.7. The highest BCUT2D eigenvalue weighted by Gasteiger charge is 2.32. The van der Waals surface area contributed by atoms with Crippen molar-refractivity contribution in [2.75, 3.05) is 13.2 Å². The predicted octanol–water partition coefficient (Wildman–Crippen LogP) is 1.78. The lowest BCUT2D eigenvalue weighted by Crippen LogP contribution is -2.38. The van der Waals surface area contributed by atoms with Crippen molar-refractivity contribution in [2.24, 2.45) is 11.8 Å². The van der Waals surface area contributed by atoms with Crippen LogP contribution in [0.25, 0.3) is 0 Å². The molecule has 1 aliphatic heterocycles. The van der Waals surface area contributed by atoms with Gasteiger partial charge in [-0.25, -0.2) is 0 Å². The molecule has 1 heterocycles. The van der Waals surface area contributed by atoms with E-state index in [4.69, 9.17) is 4.74 Å². The minimum Gasteiger partial charge on any atom is -0.380 e. The first kappa shape index (κ1) is 8.24. The Hall–Kier alpha value is -0.370. The summed E-state index contributed by atoms with van der Waals surface area (Å²) in [6.07, 6.45) is 6.10. The third-order valence-corrected chi connectivity index (χ3v) is 3.05. The second-order valence-electron chi connectivity index (χ2n) is 3.97. The number of hydrogen-bond donors (Lipinski definition) is 0. The monoisotopic (exact) mass is 168 g/mol. The van der Waals surface area contributed by atoms with Gasteiger partial charge in [-0.15, -0.1) is 0 Å². The van der Waals surface area contributed by atoms with E-state index in [9.17, 15) is 4.79 Å². The Morgan fingerprint density at radius 1 is 1.00 bits per heavy atom. The number of ketones is 1. The molecule has 1 aliphatic carbocycles. The van der Waals surface area contributed by atoms with Gasteiger partial charge in [0.2, 0.25) is 0 Å². The van der Waals surface area contributed by atoms with Crippen LogP contribution in [-0.2, 0) is 9.53 Å². The van der Waals surface area contributed by atoms with E-state index in [0.29, 0.717) is 24.9 Å². The van der Waals surface area contributed by atoms with Gasteiger partial charge in [-0.05, 0) is 12.8 Å². The highest BCUT2D eigenvalue weighted by molar-refractivity contribution is 5.84. The van der Waals surface area contributed by atoms with Crippen LogP contribution in [0.1, 0.15) is 32.1 Å². The molecule has 0 spiro atoms. The van der Waals surface area contributed by atoms with Crippen LogP contribution in [0.3, 0.4) is 0 Å². The summed E-state index contributed by atoms with van der Waals surface area (Å²) in [5, 5.41) is 0. The molecule has 1 saturated heterocycles. The van der Waals surface area contributed by atoms with Crippen molar-refractivity contribution in [3.8, 4) is 0 Å². The van der Waals surface area contributed by atoms with Crippen molar-refractivity contribution in [2.45, 2.75) is 32.1 Å². The molecule has 0 amide bonds. The van der Waals surface area contributed by atoms with Gasteiger partial charge in [0.25, 0.3) is 0 Å². The second-order valence-corrected chi connectivity index (χ2v) is 3.97. The van der Waals surface area contributed by atoms with E-state index in [1.165, 1.54) is 19.3 Å². The van der Waals surface area contributed by atoms with Gasteiger partial charge in [-0.3, -0.25) is 4.79 Å². The fourth-order valence-corrected chi connectivity index (χ4v) is 2.12. The number of ether oxygens (including phenoxy) is 1. The number of rotatable bonds is 2. The van der Waals surface area contributed by atoms with E-state index in [2.05, 4.69) is 0 Å². The number of hydrogen-bond acceptors (Lipinski definition) is 2. The maximum Gasteiger partial charge on any atom is 0.143 e. The molecule has 0 N–H and O–H groups in total. The fraction of sp³-hybridized carbons (Fsp3) is 0.900. The first-order valence-electron chi connectivity index (χ1n) is 4.99. The summed E-state index contributed by atoms with van der Waals surface area (Å²) in [6.45, 7) is 1.38. The molecule has 2 heteroatoms. The van der Waals surface area contributed by atoms with Gasteiger partial charge in [0.05, 0.1) is 19.1 Å². The molecule has 2 rings (SSSR count). The molecule has 0 bridgehead atoms. The molecule has 0 aromatic rings. The smallest absolute Gasteiger partial charge is 0.143 e. The molecule has 2 fully saturated rings. The number of Topliss-reactive ketones (excluding diaryl/α,β-unsaturated/α-hetero) is 1. The highest BCUT2D eigenvalue weighted by Crippen LogP contribution is 2.28. The summed E-state index contributed by atoms with van der Waals surface area (Å²) in [6, 6.07) is 0. The molecule has 0 aromatic carbocycles. The van der Waals surface area contributed by atoms with E-state index in [0.717, 1.165) is 12.8 Å². The lowest BCUT2D eigenvalue weighted by atomic mass is 9.81. The van der Waals surface area contributed by atoms with Gasteiger partial charge >= 0.3 is 0 Å². The average molecular weight is 168 g/mol. The summed E-state index contributed by atoms with van der Waals surface area (Å²) in [7, 11) is 0. The lowest BCUT2D eigenvalue weighted by Gasteiger charge is -2.30. The lowest BCUT2D eigenvalue weighted by molar-refractivity contribution is -0.141. The van der Waals surface area contributed by atoms with Crippen LogP contribution in [0.4, 0.5) is 0 Å². The standard InChI is InChI=1S/C10H16O2/c11-10(9-6-12-7-9)8-4-2-1-3-5-8/h8-9H,1-7H2. The predicted molar refractivity (Wildman–Crippen MR) is 45.9 cm³/mol. The van der Waals surface area contributed by atoms with Crippen molar-refractivity contribution in [3.05, 3.63) is 0 Å². The van der Waals surface area contributed by atoms with Gasteiger partial charge in [0.1, 0.15) is 5.78 Å². The Morgan fingerprint density at radius 2 is 1.67 bits per heavy atom. The van der Waals surface area contributed by atoms with Crippen LogP contribution < -0.4 is 0 Å². The van der Waals surface area contributed by atoms with Gasteiger partial charge in [-0.2, -0.15) is 0 Å². The Kier molecular flexibility index (Phi) is 2.45. The topological polar surface area (TPSA) is 26.3 Å². The quantitative estimate of drug-likeness (QED) is 0.628. The third kappa shape index (κ3) is 1.53. The van der Waals surface area contributed by atoms with Crippen molar-refractivity contribution >= 4 is 5.78 Å². The van der Waals surface area contributed by atoms with Crippen LogP contribution in [0.5, 0.6) is 0 Å². The van der Waals surface area contributed by atoms with Crippen LogP contribution >= 0.6 is 0 Å². The van der Waals surface area contributed by atoms with E-state index in [-0.39, 0.29) is 5.92 Å². The average Bonchev–Trinajstić information content (AvgIpc) is 2.03. The Balaban J connectivity index is 1.84. The maximum atomic E-state index is 11.7. The normalized spacial score (nSPS) is 26.7. The molecule has 0 atom stereocenters. The van der Waals surface area contributed by atoms with E-state index in [1.54, 1.807) is 0 Å². The van der Waals surface area contributed by atoms with E-state index in [1.807, 2.05) is 0 Å². The van der Waals surface area contributed by atoms with Crippen molar-refractivity contribution < 1.29 is 9.53 Å². The minimum atomic E-state index is 0.257. The molecular weight excluding hydrogens is 152 g/mol. The summed E-state index contributed by atoms with van der Waals surface area (Å²) < 4.78 is 5.03. The Labute approximate surface area is 73.3 Å². The van der Waals surface area contributed by atoms with Crippen molar-refractivity contribution in [3.63, 3.8) is 0 Å². The third-order valence-electron chi connectivity index (χ3n) is 3.05. The summed E-state index contributed by atoms with van der Waals surface area (Å²) in [5.41, 5.74) is 0. The zero-order valence-electron chi connectivity index (χ0n) is 7.42.